The van der Waals surface area contributed by atoms with Gasteiger partial charge in [0.05, 0.1) is 17.2 Å². The van der Waals surface area contributed by atoms with Crippen molar-refractivity contribution in [3.8, 4) is 6.07 Å². The number of anilines is 1. The summed E-state index contributed by atoms with van der Waals surface area (Å²) in [5.74, 6) is -0.723. The van der Waals surface area contributed by atoms with Gasteiger partial charge >= 0.3 is 6.18 Å². The Hall–Kier alpha value is -3.34. The molecule has 0 radical (unpaired) electrons. The Labute approximate surface area is 141 Å². The second-order valence-electron chi connectivity index (χ2n) is 4.88. The van der Waals surface area contributed by atoms with E-state index < -0.39 is 17.6 Å². The second kappa shape index (κ2) is 7.97. The van der Waals surface area contributed by atoms with Crippen LogP contribution in [0, 0.1) is 11.3 Å². The normalized spacial score (nSPS) is 11.1. The van der Waals surface area contributed by atoms with Crippen molar-refractivity contribution in [2.24, 2.45) is 5.16 Å². The van der Waals surface area contributed by atoms with Crippen molar-refractivity contribution >= 4 is 17.8 Å². The summed E-state index contributed by atoms with van der Waals surface area (Å²) >= 11 is 0. The first-order valence-electron chi connectivity index (χ1n) is 7.01. The zero-order chi connectivity index (χ0) is 18.3. The predicted octanol–water partition coefficient (Wildman–Crippen LogP) is 3.72. The lowest BCUT2D eigenvalue weighted by molar-refractivity contribution is -0.137. The highest BCUT2D eigenvalue weighted by atomic mass is 19.4. The maximum atomic E-state index is 12.6. The summed E-state index contributed by atoms with van der Waals surface area (Å²) in [5.41, 5.74) is 0.389. The van der Waals surface area contributed by atoms with Gasteiger partial charge in [-0.1, -0.05) is 23.4 Å². The molecule has 0 atom stereocenters. The predicted molar refractivity (Wildman–Crippen MR) is 84.5 cm³/mol. The van der Waals surface area contributed by atoms with Gasteiger partial charge in [-0.05, 0) is 35.9 Å². The highest BCUT2D eigenvalue weighted by Crippen LogP contribution is 2.30. The van der Waals surface area contributed by atoms with Gasteiger partial charge in [0, 0.05) is 5.69 Å². The number of amides is 1. The van der Waals surface area contributed by atoms with E-state index in [9.17, 15) is 18.0 Å². The molecule has 25 heavy (non-hydrogen) atoms. The maximum absolute atomic E-state index is 12.6. The molecule has 0 spiro atoms. The van der Waals surface area contributed by atoms with Crippen molar-refractivity contribution in [3.63, 3.8) is 0 Å². The van der Waals surface area contributed by atoms with E-state index in [4.69, 9.17) is 10.1 Å². The molecule has 1 N–H and O–H groups in total. The van der Waals surface area contributed by atoms with E-state index in [0.717, 1.165) is 23.9 Å². The Kier molecular flexibility index (Phi) is 5.74. The summed E-state index contributed by atoms with van der Waals surface area (Å²) in [6.45, 7) is 0.0824. The number of nitrogens with one attached hydrogen (secondary N) is 1. The van der Waals surface area contributed by atoms with Crippen LogP contribution in [0.4, 0.5) is 18.9 Å². The van der Waals surface area contributed by atoms with Crippen LogP contribution in [0.15, 0.2) is 53.7 Å². The molecule has 2 rings (SSSR count). The van der Waals surface area contributed by atoms with Crippen LogP contribution < -0.4 is 5.32 Å². The molecular formula is C17H12F3N3O2. The van der Waals surface area contributed by atoms with Gasteiger partial charge in [-0.15, -0.1) is 0 Å². The quantitative estimate of drug-likeness (QED) is 0.662. The van der Waals surface area contributed by atoms with Crippen molar-refractivity contribution < 1.29 is 22.8 Å². The van der Waals surface area contributed by atoms with Crippen LogP contribution in [-0.4, -0.2) is 12.1 Å². The lowest BCUT2D eigenvalue weighted by atomic mass is 10.2. The molecule has 0 aliphatic rings. The third-order valence-corrected chi connectivity index (χ3v) is 3.02. The fourth-order valence-corrected chi connectivity index (χ4v) is 1.82. The molecule has 0 saturated heterocycles. The smallest absolute Gasteiger partial charge is 0.391 e. The van der Waals surface area contributed by atoms with Gasteiger partial charge in [0.1, 0.15) is 12.8 Å². The molecule has 5 nitrogen and oxygen atoms in total. The van der Waals surface area contributed by atoms with Crippen molar-refractivity contribution in [1.82, 2.24) is 0 Å². The molecule has 2 aromatic carbocycles. The van der Waals surface area contributed by atoms with Gasteiger partial charge in [0.2, 0.25) is 0 Å². The van der Waals surface area contributed by atoms with E-state index in [-0.39, 0.29) is 12.3 Å². The second-order valence-corrected chi connectivity index (χ2v) is 4.88. The highest BCUT2D eigenvalue weighted by molar-refractivity contribution is 6.31. The number of carbonyl (C=O) groups is 1. The molecule has 0 unspecified atom stereocenters. The number of rotatable bonds is 5. The largest absolute Gasteiger partial charge is 0.416 e. The third-order valence-electron chi connectivity index (χ3n) is 3.02. The van der Waals surface area contributed by atoms with Gasteiger partial charge in [-0.2, -0.15) is 18.4 Å². The molecule has 0 fully saturated rings. The summed E-state index contributed by atoms with van der Waals surface area (Å²) in [4.78, 5) is 16.5. The standard InChI is InChI=1S/C17H12F3N3O2/c18-17(19,20)14-2-1-3-15(8-14)23-16(24)10-22-25-11-13-6-4-12(9-21)5-7-13/h1-8,10H,11H2,(H,23,24)/b22-10+. The Morgan fingerprint density at radius 1 is 1.24 bits per heavy atom. The molecule has 0 heterocycles. The lowest BCUT2D eigenvalue weighted by Gasteiger charge is -2.08. The fraction of sp³-hybridized carbons (Fsp3) is 0.118. The molecule has 8 heteroatoms. The minimum atomic E-state index is -4.49. The summed E-state index contributed by atoms with van der Waals surface area (Å²) < 4.78 is 37.8. The number of hydrogen-bond donors (Lipinski definition) is 1. The van der Waals surface area contributed by atoms with Crippen LogP contribution in [0.2, 0.25) is 0 Å². The van der Waals surface area contributed by atoms with E-state index >= 15 is 0 Å². The molecule has 0 bridgehead atoms. The van der Waals surface area contributed by atoms with Crippen molar-refractivity contribution in [1.29, 1.82) is 5.26 Å². The van der Waals surface area contributed by atoms with Gasteiger partial charge in [-0.3, -0.25) is 4.79 Å². The van der Waals surface area contributed by atoms with Crippen LogP contribution in [0.3, 0.4) is 0 Å². The number of carbonyl (C=O) groups excluding carboxylic acids is 1. The average molecular weight is 347 g/mol. The number of nitrogens with zero attached hydrogens (tertiary/aromatic N) is 2. The van der Waals surface area contributed by atoms with E-state index in [1.54, 1.807) is 24.3 Å². The Morgan fingerprint density at radius 2 is 1.96 bits per heavy atom. The van der Waals surface area contributed by atoms with Crippen LogP contribution >= 0.6 is 0 Å². The Balaban J connectivity index is 1.85. The lowest BCUT2D eigenvalue weighted by Crippen LogP contribution is -2.14. The van der Waals surface area contributed by atoms with E-state index in [2.05, 4.69) is 10.5 Å². The number of alkyl halides is 3. The topological polar surface area (TPSA) is 74.5 Å². The van der Waals surface area contributed by atoms with Gasteiger partial charge in [-0.25, -0.2) is 0 Å². The number of benzene rings is 2. The molecule has 0 aliphatic heterocycles. The van der Waals surface area contributed by atoms with E-state index in [1.165, 1.54) is 12.1 Å². The Morgan fingerprint density at radius 3 is 2.60 bits per heavy atom. The molecule has 0 aliphatic carbocycles. The highest BCUT2D eigenvalue weighted by Gasteiger charge is 2.30. The van der Waals surface area contributed by atoms with Crippen LogP contribution in [-0.2, 0) is 22.4 Å². The zero-order valence-corrected chi connectivity index (χ0v) is 12.7. The van der Waals surface area contributed by atoms with Crippen LogP contribution in [0.5, 0.6) is 0 Å². The number of halogens is 3. The monoisotopic (exact) mass is 347 g/mol. The van der Waals surface area contributed by atoms with Crippen molar-refractivity contribution in [2.45, 2.75) is 12.8 Å². The number of oxime groups is 1. The molecule has 0 aromatic heterocycles. The molecule has 128 valence electrons. The molecule has 1 amide bonds. The fourth-order valence-electron chi connectivity index (χ4n) is 1.82. The minimum absolute atomic E-state index is 0.00151. The van der Waals surface area contributed by atoms with E-state index in [1.807, 2.05) is 6.07 Å². The summed E-state index contributed by atoms with van der Waals surface area (Å²) in [5, 5.41) is 14.4. The molecular weight excluding hydrogens is 335 g/mol. The number of nitriles is 1. The average Bonchev–Trinajstić information content (AvgIpc) is 2.59. The SMILES string of the molecule is N#Cc1ccc(CO/N=C/C(=O)Nc2cccc(C(F)(F)F)c2)cc1. The Bertz CT molecular complexity index is 809. The minimum Gasteiger partial charge on any atom is -0.391 e. The summed E-state index contributed by atoms with van der Waals surface area (Å²) in [7, 11) is 0. The summed E-state index contributed by atoms with van der Waals surface area (Å²) in [6, 6.07) is 12.8. The zero-order valence-electron chi connectivity index (χ0n) is 12.7. The third kappa shape index (κ3) is 5.66. The van der Waals surface area contributed by atoms with Gasteiger partial charge in [0.15, 0.2) is 0 Å². The first-order chi connectivity index (χ1) is 11.9. The number of hydrogen-bond acceptors (Lipinski definition) is 4. The molecule has 2 aromatic rings. The molecule has 0 saturated carbocycles. The van der Waals surface area contributed by atoms with E-state index in [0.29, 0.717) is 5.56 Å². The van der Waals surface area contributed by atoms with Crippen LogP contribution in [0.25, 0.3) is 0 Å². The van der Waals surface area contributed by atoms with Gasteiger partial charge in [0.25, 0.3) is 5.91 Å². The van der Waals surface area contributed by atoms with Crippen molar-refractivity contribution in [2.75, 3.05) is 5.32 Å². The van der Waals surface area contributed by atoms with Crippen molar-refractivity contribution in [3.05, 3.63) is 65.2 Å². The van der Waals surface area contributed by atoms with Crippen LogP contribution in [0.1, 0.15) is 16.7 Å². The first kappa shape index (κ1) is 18.0. The maximum Gasteiger partial charge on any atom is 0.416 e. The first-order valence-corrected chi connectivity index (χ1v) is 7.01. The van der Waals surface area contributed by atoms with Gasteiger partial charge < -0.3 is 10.2 Å². The summed E-state index contributed by atoms with van der Waals surface area (Å²) in [6.07, 6.45) is -3.66.